The number of para-hydroxylation sites is 2. The van der Waals surface area contributed by atoms with Crippen molar-refractivity contribution in [3.63, 3.8) is 0 Å². The third kappa shape index (κ3) is 4.69. The average molecular weight is 405 g/mol. The number of aryl methyl sites for hydroxylation is 1. The highest BCUT2D eigenvalue weighted by atomic mass is 79.9. The fourth-order valence-corrected chi connectivity index (χ4v) is 2.66. The number of rotatable bonds is 7. The standard InChI is InChI=1S/C17H17BrN4O3/c18-14-8-7-13(25-14)17(24)20-10-16(23)19-9-3-6-15-21-11-4-1-2-5-12(11)22-15/h1-2,4-5,7-8H,3,6,9-10H2,(H,19,23)(H,20,24)(H,21,22). The van der Waals surface area contributed by atoms with Crippen LogP contribution in [0.5, 0.6) is 0 Å². The second-order valence-corrected chi connectivity index (χ2v) is 6.22. The van der Waals surface area contributed by atoms with Crippen LogP contribution >= 0.6 is 15.9 Å². The quantitative estimate of drug-likeness (QED) is 0.526. The van der Waals surface area contributed by atoms with Gasteiger partial charge in [-0.3, -0.25) is 9.59 Å². The zero-order valence-electron chi connectivity index (χ0n) is 13.3. The largest absolute Gasteiger partial charge is 0.444 e. The van der Waals surface area contributed by atoms with Crippen molar-refractivity contribution in [3.8, 4) is 0 Å². The highest BCUT2D eigenvalue weighted by Gasteiger charge is 2.11. The number of aromatic amines is 1. The molecule has 0 unspecified atom stereocenters. The molecule has 0 bridgehead atoms. The number of hydrogen-bond donors (Lipinski definition) is 3. The molecule has 130 valence electrons. The number of fused-ring (bicyclic) bond motifs is 1. The molecule has 0 saturated carbocycles. The number of imidazole rings is 1. The van der Waals surface area contributed by atoms with Crippen LogP contribution in [0.25, 0.3) is 11.0 Å². The maximum absolute atomic E-state index is 11.7. The van der Waals surface area contributed by atoms with E-state index in [-0.39, 0.29) is 18.2 Å². The van der Waals surface area contributed by atoms with E-state index in [4.69, 9.17) is 4.42 Å². The number of halogens is 1. The summed E-state index contributed by atoms with van der Waals surface area (Å²) in [7, 11) is 0. The van der Waals surface area contributed by atoms with Crippen molar-refractivity contribution in [2.75, 3.05) is 13.1 Å². The minimum atomic E-state index is -0.428. The number of H-pyrrole nitrogens is 1. The van der Waals surface area contributed by atoms with Crippen molar-refractivity contribution in [1.82, 2.24) is 20.6 Å². The lowest BCUT2D eigenvalue weighted by molar-refractivity contribution is -0.120. The van der Waals surface area contributed by atoms with Crippen LogP contribution in [0.15, 0.2) is 45.5 Å². The molecule has 0 aliphatic heterocycles. The fraction of sp³-hybridized carbons (Fsp3) is 0.235. The maximum Gasteiger partial charge on any atom is 0.287 e. The van der Waals surface area contributed by atoms with E-state index in [1.807, 2.05) is 24.3 Å². The summed E-state index contributed by atoms with van der Waals surface area (Å²) in [5, 5.41) is 5.27. The molecule has 7 nitrogen and oxygen atoms in total. The lowest BCUT2D eigenvalue weighted by Crippen LogP contribution is -2.37. The zero-order chi connectivity index (χ0) is 17.6. The van der Waals surface area contributed by atoms with E-state index < -0.39 is 5.91 Å². The van der Waals surface area contributed by atoms with E-state index in [9.17, 15) is 9.59 Å². The molecule has 2 heterocycles. The molecule has 0 saturated heterocycles. The Balaban J connectivity index is 1.35. The zero-order valence-corrected chi connectivity index (χ0v) is 14.9. The van der Waals surface area contributed by atoms with Gasteiger partial charge in [0.05, 0.1) is 17.6 Å². The predicted molar refractivity (Wildman–Crippen MR) is 96.2 cm³/mol. The molecule has 2 amide bonds. The highest BCUT2D eigenvalue weighted by molar-refractivity contribution is 9.10. The van der Waals surface area contributed by atoms with E-state index in [1.54, 1.807) is 6.07 Å². The molecule has 1 aromatic carbocycles. The number of furan rings is 1. The first-order valence-corrected chi connectivity index (χ1v) is 8.65. The second kappa shape index (κ2) is 7.98. The van der Waals surface area contributed by atoms with Crippen LogP contribution in [0.1, 0.15) is 22.8 Å². The first kappa shape index (κ1) is 17.2. The number of nitrogens with zero attached hydrogens (tertiary/aromatic N) is 1. The summed E-state index contributed by atoms with van der Waals surface area (Å²) in [4.78, 5) is 31.2. The molecule has 0 radical (unpaired) electrons. The Morgan fingerprint density at radius 1 is 1.16 bits per heavy atom. The molecule has 3 N–H and O–H groups in total. The van der Waals surface area contributed by atoms with Gasteiger partial charge in [-0.05, 0) is 46.6 Å². The Morgan fingerprint density at radius 2 is 2.00 bits per heavy atom. The summed E-state index contributed by atoms with van der Waals surface area (Å²) in [6.07, 6.45) is 1.49. The average Bonchev–Trinajstić information content (AvgIpc) is 3.22. The Kier molecular flexibility index (Phi) is 5.49. The Bertz CT molecular complexity index is 854. The number of nitrogens with one attached hydrogen (secondary N) is 3. The van der Waals surface area contributed by atoms with Gasteiger partial charge in [-0.25, -0.2) is 4.98 Å². The number of carbonyl (C=O) groups excluding carboxylic acids is 2. The van der Waals surface area contributed by atoms with Gasteiger partial charge in [0.25, 0.3) is 5.91 Å². The van der Waals surface area contributed by atoms with E-state index >= 15 is 0 Å². The predicted octanol–water partition coefficient (Wildman–Crippen LogP) is 2.40. The number of amides is 2. The minimum Gasteiger partial charge on any atom is -0.444 e. The van der Waals surface area contributed by atoms with Crippen molar-refractivity contribution in [2.24, 2.45) is 0 Å². The van der Waals surface area contributed by atoms with Crippen molar-refractivity contribution >= 4 is 38.8 Å². The maximum atomic E-state index is 11.7. The van der Waals surface area contributed by atoms with Crippen LogP contribution in [-0.2, 0) is 11.2 Å². The van der Waals surface area contributed by atoms with Gasteiger partial charge in [0.2, 0.25) is 5.91 Å². The molecular weight excluding hydrogens is 388 g/mol. The molecule has 0 aliphatic carbocycles. The van der Waals surface area contributed by atoms with Crippen molar-refractivity contribution in [1.29, 1.82) is 0 Å². The Hall–Kier alpha value is -2.61. The van der Waals surface area contributed by atoms with Crippen molar-refractivity contribution in [2.45, 2.75) is 12.8 Å². The van der Waals surface area contributed by atoms with Crippen LogP contribution < -0.4 is 10.6 Å². The summed E-state index contributed by atoms with van der Waals surface area (Å²) < 4.78 is 5.58. The summed E-state index contributed by atoms with van der Waals surface area (Å²) in [6, 6.07) is 11.0. The van der Waals surface area contributed by atoms with Gasteiger partial charge in [-0.2, -0.15) is 0 Å². The van der Waals surface area contributed by atoms with Gasteiger partial charge in [0.15, 0.2) is 10.4 Å². The third-order valence-corrected chi connectivity index (χ3v) is 3.98. The molecule has 2 aromatic heterocycles. The molecule has 0 fully saturated rings. The Morgan fingerprint density at radius 3 is 2.76 bits per heavy atom. The van der Waals surface area contributed by atoms with E-state index in [1.165, 1.54) is 6.07 Å². The smallest absolute Gasteiger partial charge is 0.287 e. The summed E-state index contributed by atoms with van der Waals surface area (Å²) in [5.74, 6) is 0.378. The summed E-state index contributed by atoms with van der Waals surface area (Å²) >= 11 is 3.12. The molecule has 0 aliphatic rings. The number of aromatic nitrogens is 2. The second-order valence-electron chi connectivity index (χ2n) is 5.44. The number of benzene rings is 1. The van der Waals surface area contributed by atoms with Gasteiger partial charge in [-0.15, -0.1) is 0 Å². The number of hydrogen-bond acceptors (Lipinski definition) is 4. The molecule has 3 rings (SSSR count). The lowest BCUT2D eigenvalue weighted by atomic mass is 10.3. The van der Waals surface area contributed by atoms with Crippen LogP contribution in [0, 0.1) is 0 Å². The third-order valence-electron chi connectivity index (χ3n) is 3.56. The first-order chi connectivity index (χ1) is 12.1. The van der Waals surface area contributed by atoms with Gasteiger partial charge >= 0.3 is 0 Å². The SMILES string of the molecule is O=C(CNC(=O)c1ccc(Br)o1)NCCCc1nc2ccccc2[nH]1. The molecule has 25 heavy (non-hydrogen) atoms. The fourth-order valence-electron chi connectivity index (χ4n) is 2.35. The monoisotopic (exact) mass is 404 g/mol. The molecule has 8 heteroatoms. The van der Waals surface area contributed by atoms with Gasteiger partial charge in [0, 0.05) is 13.0 Å². The highest BCUT2D eigenvalue weighted by Crippen LogP contribution is 2.13. The topological polar surface area (TPSA) is 100 Å². The first-order valence-electron chi connectivity index (χ1n) is 7.85. The van der Waals surface area contributed by atoms with Crippen LogP contribution in [0.2, 0.25) is 0 Å². The van der Waals surface area contributed by atoms with E-state index in [2.05, 4.69) is 36.5 Å². The van der Waals surface area contributed by atoms with E-state index in [0.717, 1.165) is 29.7 Å². The van der Waals surface area contributed by atoms with Gasteiger partial charge in [-0.1, -0.05) is 12.1 Å². The number of carbonyl (C=O) groups is 2. The van der Waals surface area contributed by atoms with Crippen molar-refractivity contribution < 1.29 is 14.0 Å². The lowest BCUT2D eigenvalue weighted by Gasteiger charge is -2.05. The van der Waals surface area contributed by atoms with Crippen LogP contribution in [-0.4, -0.2) is 34.9 Å². The normalized spacial score (nSPS) is 10.8. The summed E-state index contributed by atoms with van der Waals surface area (Å²) in [5.41, 5.74) is 1.95. The Labute approximate surface area is 152 Å². The van der Waals surface area contributed by atoms with Gasteiger partial charge in [0.1, 0.15) is 5.82 Å². The minimum absolute atomic E-state index is 0.0954. The molecule has 0 atom stereocenters. The molecular formula is C17H17BrN4O3. The van der Waals surface area contributed by atoms with Crippen molar-refractivity contribution in [3.05, 3.63) is 52.7 Å². The van der Waals surface area contributed by atoms with Gasteiger partial charge < -0.3 is 20.0 Å². The van der Waals surface area contributed by atoms with Crippen LogP contribution in [0.4, 0.5) is 0 Å². The molecule has 0 spiro atoms. The molecule has 3 aromatic rings. The van der Waals surface area contributed by atoms with Crippen LogP contribution in [0.3, 0.4) is 0 Å². The summed E-state index contributed by atoms with van der Waals surface area (Å²) in [6.45, 7) is 0.417. The van der Waals surface area contributed by atoms with E-state index in [0.29, 0.717) is 11.2 Å².